The van der Waals surface area contributed by atoms with E-state index in [0.29, 0.717) is 5.82 Å². The van der Waals surface area contributed by atoms with Crippen molar-refractivity contribution in [1.82, 2.24) is 20.1 Å². The van der Waals surface area contributed by atoms with Crippen LogP contribution in [0.25, 0.3) is 5.69 Å². The van der Waals surface area contributed by atoms with E-state index in [1.54, 1.807) is 23.9 Å². The second-order valence-corrected chi connectivity index (χ2v) is 8.00. The van der Waals surface area contributed by atoms with Gasteiger partial charge in [0.15, 0.2) is 16.7 Å². The number of para-hydroxylation sites is 1. The third-order valence-electron chi connectivity index (χ3n) is 4.15. The molecule has 0 radical (unpaired) electrons. The summed E-state index contributed by atoms with van der Waals surface area (Å²) in [5, 5.41) is 12.3. The average molecular weight is 469 g/mol. The minimum Gasteiger partial charge on any atom is -0.459 e. The highest BCUT2D eigenvalue weighted by Gasteiger charge is 2.16. The fourth-order valence-electron chi connectivity index (χ4n) is 2.73. The maximum atomic E-state index is 12.2. The van der Waals surface area contributed by atoms with Gasteiger partial charge in [-0.1, -0.05) is 58.0 Å². The molecule has 0 saturated carbocycles. The maximum absolute atomic E-state index is 12.2. The van der Waals surface area contributed by atoms with Crippen LogP contribution in [0.2, 0.25) is 0 Å². The molecule has 146 valence electrons. The van der Waals surface area contributed by atoms with Crippen LogP contribution >= 0.6 is 27.7 Å². The first-order chi connectivity index (χ1) is 14.2. The molecule has 0 aliphatic rings. The molecule has 0 bridgehead atoms. The summed E-state index contributed by atoms with van der Waals surface area (Å²) in [7, 11) is 0. The van der Waals surface area contributed by atoms with Gasteiger partial charge in [-0.2, -0.15) is 0 Å². The lowest BCUT2D eigenvalue weighted by molar-refractivity contribution is 0.0922. The van der Waals surface area contributed by atoms with Gasteiger partial charge in [-0.05, 0) is 42.0 Å². The van der Waals surface area contributed by atoms with Gasteiger partial charge in [0, 0.05) is 15.9 Å². The Morgan fingerprint density at radius 2 is 1.83 bits per heavy atom. The molecule has 0 saturated heterocycles. The number of hydrogen-bond acceptors (Lipinski definition) is 5. The first kappa shape index (κ1) is 19.5. The maximum Gasteiger partial charge on any atom is 0.287 e. The van der Waals surface area contributed by atoms with Gasteiger partial charge in [-0.3, -0.25) is 9.36 Å². The van der Waals surface area contributed by atoms with E-state index in [2.05, 4.69) is 43.6 Å². The molecule has 0 fully saturated rings. The SMILES string of the molecule is O=C(NCc1nnc(SCc2ccc(Br)cc2)n1-c1ccccc1)c1ccco1. The number of nitrogens with zero attached hydrogens (tertiary/aromatic N) is 3. The van der Waals surface area contributed by atoms with E-state index < -0.39 is 0 Å². The molecule has 0 unspecified atom stereocenters. The zero-order valence-corrected chi connectivity index (χ0v) is 17.7. The van der Waals surface area contributed by atoms with E-state index in [4.69, 9.17) is 4.42 Å². The van der Waals surface area contributed by atoms with Gasteiger partial charge in [-0.25, -0.2) is 0 Å². The Morgan fingerprint density at radius 1 is 1.03 bits per heavy atom. The molecular formula is C21H17BrN4O2S. The monoisotopic (exact) mass is 468 g/mol. The van der Waals surface area contributed by atoms with E-state index in [9.17, 15) is 4.79 Å². The number of halogens is 1. The summed E-state index contributed by atoms with van der Waals surface area (Å²) in [5.41, 5.74) is 2.13. The van der Waals surface area contributed by atoms with Crippen molar-refractivity contribution >= 4 is 33.6 Å². The van der Waals surface area contributed by atoms with E-state index in [-0.39, 0.29) is 18.2 Å². The second kappa shape index (κ2) is 9.11. The molecule has 1 amide bonds. The Balaban J connectivity index is 1.55. The Bertz CT molecular complexity index is 1080. The van der Waals surface area contributed by atoms with Crippen LogP contribution in [0.3, 0.4) is 0 Å². The van der Waals surface area contributed by atoms with Crippen molar-refractivity contribution < 1.29 is 9.21 Å². The van der Waals surface area contributed by atoms with Gasteiger partial charge in [0.2, 0.25) is 0 Å². The first-order valence-electron chi connectivity index (χ1n) is 8.89. The molecule has 4 rings (SSSR count). The lowest BCUT2D eigenvalue weighted by Gasteiger charge is -2.10. The number of furan rings is 1. The van der Waals surface area contributed by atoms with Crippen LogP contribution in [0, 0.1) is 0 Å². The summed E-state index contributed by atoms with van der Waals surface area (Å²) in [6.07, 6.45) is 1.47. The summed E-state index contributed by atoms with van der Waals surface area (Å²) in [4.78, 5) is 12.2. The van der Waals surface area contributed by atoms with Crippen LogP contribution in [0.15, 0.2) is 87.0 Å². The number of aromatic nitrogens is 3. The van der Waals surface area contributed by atoms with Gasteiger partial charge >= 0.3 is 0 Å². The Morgan fingerprint density at radius 3 is 2.55 bits per heavy atom. The summed E-state index contributed by atoms with van der Waals surface area (Å²) < 4.78 is 8.15. The average Bonchev–Trinajstić information content (AvgIpc) is 3.42. The Kier molecular flexibility index (Phi) is 6.12. The Hall–Kier alpha value is -2.84. The standard InChI is InChI=1S/C21H17BrN4O2S/c22-16-10-8-15(9-11-16)14-29-21-25-24-19(26(21)17-5-2-1-3-6-17)13-23-20(27)18-7-4-12-28-18/h1-12H,13-14H2,(H,23,27). The number of carbonyl (C=O) groups excluding carboxylic acids is 1. The fourth-order valence-corrected chi connectivity index (χ4v) is 3.92. The number of carbonyl (C=O) groups is 1. The molecule has 1 N–H and O–H groups in total. The number of thioether (sulfide) groups is 1. The zero-order chi connectivity index (χ0) is 20.1. The fraction of sp³-hybridized carbons (Fsp3) is 0.0952. The molecule has 4 aromatic rings. The van der Waals surface area contributed by atoms with Crippen molar-refractivity contribution in [2.24, 2.45) is 0 Å². The lowest BCUT2D eigenvalue weighted by Crippen LogP contribution is -2.24. The van der Waals surface area contributed by atoms with Crippen LogP contribution in [0.1, 0.15) is 21.9 Å². The van der Waals surface area contributed by atoms with E-state index in [1.807, 2.05) is 47.0 Å². The van der Waals surface area contributed by atoms with E-state index >= 15 is 0 Å². The molecule has 2 aromatic carbocycles. The van der Waals surface area contributed by atoms with Gasteiger partial charge in [-0.15, -0.1) is 10.2 Å². The number of benzene rings is 2. The van der Waals surface area contributed by atoms with Crippen LogP contribution in [0.4, 0.5) is 0 Å². The van der Waals surface area contributed by atoms with Crippen LogP contribution < -0.4 is 5.32 Å². The summed E-state index contributed by atoms with van der Waals surface area (Å²) >= 11 is 5.05. The quantitative estimate of drug-likeness (QED) is 0.392. The predicted octanol–water partition coefficient (Wildman–Crippen LogP) is 4.85. The molecule has 29 heavy (non-hydrogen) atoms. The van der Waals surface area contributed by atoms with Crippen molar-refractivity contribution in [1.29, 1.82) is 0 Å². The smallest absolute Gasteiger partial charge is 0.287 e. The molecule has 2 heterocycles. The third-order valence-corrected chi connectivity index (χ3v) is 5.68. The first-order valence-corrected chi connectivity index (χ1v) is 10.7. The summed E-state index contributed by atoms with van der Waals surface area (Å²) in [5.74, 6) is 1.38. The molecule has 6 nitrogen and oxygen atoms in total. The van der Waals surface area contributed by atoms with Crippen molar-refractivity contribution in [2.75, 3.05) is 0 Å². The van der Waals surface area contributed by atoms with Crippen molar-refractivity contribution in [3.63, 3.8) is 0 Å². The van der Waals surface area contributed by atoms with E-state index in [1.165, 1.54) is 11.8 Å². The molecule has 0 spiro atoms. The molecule has 0 aliphatic heterocycles. The summed E-state index contributed by atoms with van der Waals surface area (Å²) in [6.45, 7) is 0.236. The largest absolute Gasteiger partial charge is 0.459 e. The topological polar surface area (TPSA) is 73.0 Å². The van der Waals surface area contributed by atoms with Crippen molar-refractivity contribution in [3.8, 4) is 5.69 Å². The van der Waals surface area contributed by atoms with Crippen molar-refractivity contribution in [3.05, 3.63) is 94.6 Å². The van der Waals surface area contributed by atoms with Crippen LogP contribution in [-0.2, 0) is 12.3 Å². The van der Waals surface area contributed by atoms with E-state index in [0.717, 1.165) is 21.1 Å². The highest BCUT2D eigenvalue weighted by atomic mass is 79.9. The molecule has 8 heteroatoms. The number of nitrogens with one attached hydrogen (secondary N) is 1. The van der Waals surface area contributed by atoms with Crippen LogP contribution in [0.5, 0.6) is 0 Å². The second-order valence-electron chi connectivity index (χ2n) is 6.14. The minimum absolute atomic E-state index is 0.236. The van der Waals surface area contributed by atoms with Crippen LogP contribution in [-0.4, -0.2) is 20.7 Å². The normalized spacial score (nSPS) is 10.8. The molecule has 0 aliphatic carbocycles. The minimum atomic E-state index is -0.290. The molecular weight excluding hydrogens is 452 g/mol. The molecule has 0 atom stereocenters. The predicted molar refractivity (Wildman–Crippen MR) is 115 cm³/mol. The number of rotatable bonds is 7. The number of amides is 1. The third kappa shape index (κ3) is 4.78. The Labute approximate surface area is 180 Å². The van der Waals surface area contributed by atoms with Gasteiger partial charge in [0.1, 0.15) is 0 Å². The highest BCUT2D eigenvalue weighted by Crippen LogP contribution is 2.26. The van der Waals surface area contributed by atoms with Crippen molar-refractivity contribution in [2.45, 2.75) is 17.5 Å². The van der Waals surface area contributed by atoms with Gasteiger partial charge in [0.25, 0.3) is 5.91 Å². The lowest BCUT2D eigenvalue weighted by atomic mass is 10.2. The number of hydrogen-bond donors (Lipinski definition) is 1. The van der Waals surface area contributed by atoms with Gasteiger partial charge < -0.3 is 9.73 Å². The zero-order valence-electron chi connectivity index (χ0n) is 15.3. The highest BCUT2D eigenvalue weighted by molar-refractivity contribution is 9.10. The molecule has 2 aromatic heterocycles. The van der Waals surface area contributed by atoms with Gasteiger partial charge in [0.05, 0.1) is 12.8 Å². The summed E-state index contributed by atoms with van der Waals surface area (Å²) in [6, 6.07) is 21.4.